The maximum absolute atomic E-state index is 12.6. The first kappa shape index (κ1) is 14.9. The molecule has 0 saturated heterocycles. The fourth-order valence-corrected chi connectivity index (χ4v) is 5.85. The van der Waals surface area contributed by atoms with Crippen molar-refractivity contribution in [2.45, 2.75) is 51.0 Å². The number of anilines is 1. The van der Waals surface area contributed by atoms with Crippen molar-refractivity contribution < 1.29 is 8.42 Å². The minimum absolute atomic E-state index is 0.00384. The number of fused-ring (bicyclic) bond motifs is 2. The molecule has 0 aliphatic heterocycles. The van der Waals surface area contributed by atoms with Crippen LogP contribution in [0.4, 0.5) is 5.69 Å². The zero-order valence-corrected chi connectivity index (χ0v) is 13.7. The van der Waals surface area contributed by atoms with Crippen LogP contribution in [0.25, 0.3) is 0 Å². The average molecular weight is 308 g/mol. The van der Waals surface area contributed by atoms with Crippen LogP contribution in [0, 0.1) is 16.7 Å². The molecule has 0 radical (unpaired) electrons. The molecule has 0 aromatic heterocycles. The number of para-hydroxylation sites is 1. The van der Waals surface area contributed by atoms with E-state index in [1.807, 2.05) is 0 Å². The standard InChI is InChI=1S/C16H24N2O2S/c1-15(2)11-8-9-16(15,3)14(10-11)18-21(19,20)13-7-5-4-6-12(13)17/h4-7,11,14,18H,8-10,17H2,1-3H3. The second kappa shape index (κ2) is 4.46. The zero-order chi connectivity index (χ0) is 15.5. The molecule has 2 saturated carbocycles. The molecule has 1 aromatic rings. The van der Waals surface area contributed by atoms with Gasteiger partial charge in [0, 0.05) is 6.04 Å². The van der Waals surface area contributed by atoms with Crippen molar-refractivity contribution in [1.29, 1.82) is 0 Å². The Labute approximate surface area is 127 Å². The molecule has 2 aliphatic carbocycles. The second-order valence-electron chi connectivity index (χ2n) is 7.32. The van der Waals surface area contributed by atoms with E-state index in [0.29, 0.717) is 11.6 Å². The fourth-order valence-electron chi connectivity index (χ4n) is 4.36. The highest BCUT2D eigenvalue weighted by atomic mass is 32.2. The van der Waals surface area contributed by atoms with Gasteiger partial charge in [-0.25, -0.2) is 13.1 Å². The number of nitrogen functional groups attached to an aromatic ring is 1. The Hall–Kier alpha value is -1.07. The highest BCUT2D eigenvalue weighted by Crippen LogP contribution is 2.65. The predicted octanol–water partition coefficient (Wildman–Crippen LogP) is 2.76. The summed E-state index contributed by atoms with van der Waals surface area (Å²) in [6.07, 6.45) is 3.22. The largest absolute Gasteiger partial charge is 0.398 e. The van der Waals surface area contributed by atoms with Crippen LogP contribution < -0.4 is 10.5 Å². The Kier molecular flexibility index (Phi) is 3.16. The molecule has 3 N–H and O–H groups in total. The maximum Gasteiger partial charge on any atom is 0.242 e. The quantitative estimate of drug-likeness (QED) is 0.843. The van der Waals surface area contributed by atoms with E-state index in [0.717, 1.165) is 12.8 Å². The molecule has 0 amide bonds. The van der Waals surface area contributed by atoms with E-state index in [4.69, 9.17) is 5.73 Å². The van der Waals surface area contributed by atoms with Crippen molar-refractivity contribution in [2.75, 3.05) is 5.73 Å². The summed E-state index contributed by atoms with van der Waals surface area (Å²) < 4.78 is 28.2. The summed E-state index contributed by atoms with van der Waals surface area (Å²) in [6.45, 7) is 6.77. The molecule has 3 unspecified atom stereocenters. The average Bonchev–Trinajstić information content (AvgIpc) is 2.72. The molecule has 21 heavy (non-hydrogen) atoms. The monoisotopic (exact) mass is 308 g/mol. The van der Waals surface area contributed by atoms with Gasteiger partial charge in [-0.1, -0.05) is 32.9 Å². The predicted molar refractivity (Wildman–Crippen MR) is 84.2 cm³/mol. The van der Waals surface area contributed by atoms with Gasteiger partial charge in [0.15, 0.2) is 0 Å². The molecule has 1 aromatic carbocycles. The molecule has 2 bridgehead atoms. The first-order valence-corrected chi connectivity index (χ1v) is 9.04. The summed E-state index contributed by atoms with van der Waals surface area (Å²) in [4.78, 5) is 0.189. The Bertz CT molecular complexity index is 669. The van der Waals surface area contributed by atoms with Crippen LogP contribution in [-0.2, 0) is 10.0 Å². The van der Waals surface area contributed by atoms with Crippen LogP contribution in [0.5, 0.6) is 0 Å². The summed E-state index contributed by atoms with van der Waals surface area (Å²) in [5.74, 6) is 0.600. The van der Waals surface area contributed by atoms with Gasteiger partial charge < -0.3 is 5.73 Å². The molecule has 2 fully saturated rings. The van der Waals surface area contributed by atoms with Gasteiger partial charge in [-0.2, -0.15) is 0 Å². The summed E-state index contributed by atoms with van der Waals surface area (Å²) >= 11 is 0. The number of hydrogen-bond acceptors (Lipinski definition) is 3. The Morgan fingerprint density at radius 1 is 1.24 bits per heavy atom. The van der Waals surface area contributed by atoms with Crippen LogP contribution in [0.2, 0.25) is 0 Å². The van der Waals surface area contributed by atoms with Gasteiger partial charge >= 0.3 is 0 Å². The SMILES string of the molecule is CC1(C)C2CCC1(C)C(NS(=O)(=O)c1ccccc1N)C2. The van der Waals surface area contributed by atoms with Gasteiger partial charge in [-0.3, -0.25) is 0 Å². The number of nitrogens with one attached hydrogen (secondary N) is 1. The van der Waals surface area contributed by atoms with Crippen LogP contribution in [0.1, 0.15) is 40.0 Å². The van der Waals surface area contributed by atoms with Gasteiger partial charge in [0.2, 0.25) is 10.0 Å². The molecule has 4 nitrogen and oxygen atoms in total. The number of sulfonamides is 1. The second-order valence-corrected chi connectivity index (χ2v) is 9.00. The van der Waals surface area contributed by atoms with Crippen molar-refractivity contribution in [3.8, 4) is 0 Å². The van der Waals surface area contributed by atoms with Gasteiger partial charge in [0.05, 0.1) is 5.69 Å². The third-order valence-electron chi connectivity index (χ3n) is 6.30. The van der Waals surface area contributed by atoms with E-state index in [1.165, 1.54) is 6.42 Å². The minimum atomic E-state index is -3.56. The van der Waals surface area contributed by atoms with Gasteiger partial charge in [-0.15, -0.1) is 0 Å². The molecule has 3 atom stereocenters. The minimum Gasteiger partial charge on any atom is -0.398 e. The molecule has 116 valence electrons. The van der Waals surface area contributed by atoms with Gasteiger partial charge in [0.25, 0.3) is 0 Å². The highest BCUT2D eigenvalue weighted by molar-refractivity contribution is 7.89. The lowest BCUT2D eigenvalue weighted by Crippen LogP contribution is -2.46. The smallest absolute Gasteiger partial charge is 0.242 e. The molecular formula is C16H24N2O2S. The summed E-state index contributed by atoms with van der Waals surface area (Å²) in [5.41, 5.74) is 6.33. The van der Waals surface area contributed by atoms with Crippen molar-refractivity contribution in [3.63, 3.8) is 0 Å². The van der Waals surface area contributed by atoms with E-state index in [-0.39, 0.29) is 21.8 Å². The Morgan fingerprint density at radius 3 is 2.43 bits per heavy atom. The van der Waals surface area contributed by atoms with E-state index in [9.17, 15) is 8.42 Å². The third kappa shape index (κ3) is 2.01. The van der Waals surface area contributed by atoms with E-state index in [1.54, 1.807) is 24.3 Å². The van der Waals surface area contributed by atoms with Crippen molar-refractivity contribution in [2.24, 2.45) is 16.7 Å². The lowest BCUT2D eigenvalue weighted by Gasteiger charge is -2.39. The van der Waals surface area contributed by atoms with Gasteiger partial charge in [0.1, 0.15) is 4.90 Å². The molecule has 2 aliphatic rings. The zero-order valence-electron chi connectivity index (χ0n) is 12.9. The fraction of sp³-hybridized carbons (Fsp3) is 0.625. The molecule has 0 spiro atoms. The number of rotatable bonds is 3. The van der Waals surface area contributed by atoms with E-state index in [2.05, 4.69) is 25.5 Å². The molecule has 5 heteroatoms. The summed E-state index contributed by atoms with van der Waals surface area (Å²) in [7, 11) is -3.56. The lowest BCUT2D eigenvalue weighted by atomic mass is 9.69. The Balaban J connectivity index is 1.90. The van der Waals surface area contributed by atoms with Crippen LogP contribution in [0.3, 0.4) is 0 Å². The van der Waals surface area contributed by atoms with Crippen molar-refractivity contribution >= 4 is 15.7 Å². The van der Waals surface area contributed by atoms with Crippen LogP contribution in [-0.4, -0.2) is 14.5 Å². The van der Waals surface area contributed by atoms with Crippen LogP contribution >= 0.6 is 0 Å². The number of benzene rings is 1. The van der Waals surface area contributed by atoms with E-state index < -0.39 is 10.0 Å². The summed E-state index contributed by atoms with van der Waals surface area (Å²) in [6, 6.07) is 6.64. The lowest BCUT2D eigenvalue weighted by molar-refractivity contribution is 0.130. The number of nitrogens with two attached hydrogens (primary N) is 1. The Morgan fingerprint density at radius 2 is 1.90 bits per heavy atom. The highest BCUT2D eigenvalue weighted by Gasteiger charge is 2.61. The van der Waals surface area contributed by atoms with Crippen molar-refractivity contribution in [1.82, 2.24) is 4.72 Å². The number of hydrogen-bond donors (Lipinski definition) is 2. The van der Waals surface area contributed by atoms with Crippen molar-refractivity contribution in [3.05, 3.63) is 24.3 Å². The first-order valence-electron chi connectivity index (χ1n) is 7.55. The van der Waals surface area contributed by atoms with Crippen LogP contribution in [0.15, 0.2) is 29.2 Å². The molecule has 0 heterocycles. The summed E-state index contributed by atoms with van der Waals surface area (Å²) in [5, 5.41) is 0. The van der Waals surface area contributed by atoms with Gasteiger partial charge in [-0.05, 0) is 48.1 Å². The topological polar surface area (TPSA) is 72.2 Å². The third-order valence-corrected chi connectivity index (χ3v) is 7.85. The molecular weight excluding hydrogens is 284 g/mol. The first-order chi connectivity index (χ1) is 9.68. The van der Waals surface area contributed by atoms with E-state index >= 15 is 0 Å². The maximum atomic E-state index is 12.6. The normalized spacial score (nSPS) is 34.2. The molecule has 3 rings (SSSR count).